The van der Waals surface area contributed by atoms with Crippen LogP contribution < -0.4 is 5.73 Å². The van der Waals surface area contributed by atoms with Crippen molar-refractivity contribution in [3.63, 3.8) is 0 Å². The highest BCUT2D eigenvalue weighted by atomic mass is 15.1. The molecule has 0 unspecified atom stereocenters. The SMILES string of the molecule is C=CCN(CC=C)CC(C)(C)CN. The molecule has 0 spiro atoms. The van der Waals surface area contributed by atoms with E-state index in [-0.39, 0.29) is 5.41 Å². The first-order valence-electron chi connectivity index (χ1n) is 4.70. The summed E-state index contributed by atoms with van der Waals surface area (Å²) in [6.45, 7) is 15.3. The van der Waals surface area contributed by atoms with E-state index in [1.165, 1.54) is 0 Å². The molecular weight excluding hydrogens is 160 g/mol. The van der Waals surface area contributed by atoms with E-state index in [0.29, 0.717) is 6.54 Å². The molecule has 0 saturated carbocycles. The Hall–Kier alpha value is -0.600. The summed E-state index contributed by atoms with van der Waals surface area (Å²) < 4.78 is 0. The molecule has 0 aromatic rings. The van der Waals surface area contributed by atoms with Gasteiger partial charge in [-0.3, -0.25) is 4.90 Å². The molecule has 0 fully saturated rings. The van der Waals surface area contributed by atoms with Gasteiger partial charge in [-0.15, -0.1) is 13.2 Å². The average molecular weight is 182 g/mol. The summed E-state index contributed by atoms with van der Waals surface area (Å²) in [6, 6.07) is 0. The Morgan fingerprint density at radius 1 is 1.23 bits per heavy atom. The molecule has 2 heteroatoms. The smallest absolute Gasteiger partial charge is 0.0164 e. The highest BCUT2D eigenvalue weighted by molar-refractivity contribution is 4.84. The van der Waals surface area contributed by atoms with Gasteiger partial charge >= 0.3 is 0 Å². The van der Waals surface area contributed by atoms with Gasteiger partial charge in [-0.2, -0.15) is 0 Å². The Morgan fingerprint density at radius 2 is 1.69 bits per heavy atom. The quantitative estimate of drug-likeness (QED) is 0.607. The van der Waals surface area contributed by atoms with Crippen LogP contribution in [0.5, 0.6) is 0 Å². The topological polar surface area (TPSA) is 29.3 Å². The summed E-state index contributed by atoms with van der Waals surface area (Å²) in [5.74, 6) is 0. The van der Waals surface area contributed by atoms with Crippen LogP contribution in [0.2, 0.25) is 0 Å². The zero-order valence-electron chi connectivity index (χ0n) is 8.92. The van der Waals surface area contributed by atoms with Gasteiger partial charge in [-0.1, -0.05) is 26.0 Å². The summed E-state index contributed by atoms with van der Waals surface area (Å²) in [6.07, 6.45) is 3.83. The van der Waals surface area contributed by atoms with Crippen molar-refractivity contribution in [2.45, 2.75) is 13.8 Å². The Labute approximate surface area is 82.1 Å². The molecule has 2 N–H and O–H groups in total. The van der Waals surface area contributed by atoms with Crippen molar-refractivity contribution in [3.05, 3.63) is 25.3 Å². The van der Waals surface area contributed by atoms with E-state index in [4.69, 9.17) is 5.73 Å². The summed E-state index contributed by atoms with van der Waals surface area (Å²) in [5.41, 5.74) is 5.84. The molecular formula is C11H22N2. The average Bonchev–Trinajstić information content (AvgIpc) is 2.05. The first kappa shape index (κ1) is 12.4. The molecule has 76 valence electrons. The van der Waals surface area contributed by atoms with Crippen LogP contribution in [0.3, 0.4) is 0 Å². The molecule has 0 radical (unpaired) electrons. The number of nitrogens with two attached hydrogens (primary N) is 1. The van der Waals surface area contributed by atoms with E-state index in [9.17, 15) is 0 Å². The zero-order valence-corrected chi connectivity index (χ0v) is 8.92. The number of hydrogen-bond donors (Lipinski definition) is 1. The second-order valence-electron chi connectivity index (χ2n) is 4.14. The van der Waals surface area contributed by atoms with E-state index in [0.717, 1.165) is 19.6 Å². The van der Waals surface area contributed by atoms with E-state index in [1.807, 2.05) is 12.2 Å². The van der Waals surface area contributed by atoms with Crippen molar-refractivity contribution in [1.82, 2.24) is 4.90 Å². The van der Waals surface area contributed by atoms with Gasteiger partial charge in [0, 0.05) is 19.6 Å². The van der Waals surface area contributed by atoms with Crippen molar-refractivity contribution in [2.24, 2.45) is 11.1 Å². The Morgan fingerprint density at radius 3 is 2.00 bits per heavy atom. The van der Waals surface area contributed by atoms with Crippen LogP contribution in [-0.4, -0.2) is 31.1 Å². The fourth-order valence-corrected chi connectivity index (χ4v) is 1.24. The van der Waals surface area contributed by atoms with Crippen LogP contribution >= 0.6 is 0 Å². The van der Waals surface area contributed by atoms with Gasteiger partial charge in [0.25, 0.3) is 0 Å². The molecule has 13 heavy (non-hydrogen) atoms. The molecule has 0 aromatic heterocycles. The lowest BCUT2D eigenvalue weighted by Gasteiger charge is -2.30. The lowest BCUT2D eigenvalue weighted by molar-refractivity contribution is 0.214. The molecule has 0 bridgehead atoms. The molecule has 0 rings (SSSR count). The molecule has 0 heterocycles. The number of rotatable bonds is 7. The zero-order chi connectivity index (χ0) is 10.3. The standard InChI is InChI=1S/C11H22N2/c1-5-7-13(8-6-2)10-11(3,4)9-12/h5-6H,1-2,7-10,12H2,3-4H3. The predicted octanol–water partition coefficient (Wildman–Crippen LogP) is 1.65. The van der Waals surface area contributed by atoms with E-state index >= 15 is 0 Å². The Bertz CT molecular complexity index is 151. The maximum atomic E-state index is 5.67. The summed E-state index contributed by atoms with van der Waals surface area (Å²) in [4.78, 5) is 2.28. The Balaban J connectivity index is 4.06. The van der Waals surface area contributed by atoms with E-state index < -0.39 is 0 Å². The molecule has 0 saturated heterocycles. The van der Waals surface area contributed by atoms with E-state index in [2.05, 4.69) is 31.9 Å². The van der Waals surface area contributed by atoms with E-state index in [1.54, 1.807) is 0 Å². The summed E-state index contributed by atoms with van der Waals surface area (Å²) >= 11 is 0. The van der Waals surface area contributed by atoms with Crippen molar-refractivity contribution in [2.75, 3.05) is 26.2 Å². The van der Waals surface area contributed by atoms with Gasteiger partial charge in [0.1, 0.15) is 0 Å². The molecule has 2 nitrogen and oxygen atoms in total. The second kappa shape index (κ2) is 5.95. The number of nitrogens with zero attached hydrogens (tertiary/aromatic N) is 1. The lowest BCUT2D eigenvalue weighted by Crippen LogP contribution is -2.38. The van der Waals surface area contributed by atoms with Gasteiger partial charge in [-0.25, -0.2) is 0 Å². The molecule has 0 aliphatic heterocycles. The predicted molar refractivity (Wildman–Crippen MR) is 59.7 cm³/mol. The molecule has 0 aliphatic rings. The minimum Gasteiger partial charge on any atom is -0.330 e. The largest absolute Gasteiger partial charge is 0.330 e. The third kappa shape index (κ3) is 5.61. The van der Waals surface area contributed by atoms with Gasteiger partial charge < -0.3 is 5.73 Å². The molecule has 0 aliphatic carbocycles. The molecule has 0 aromatic carbocycles. The summed E-state index contributed by atoms with van der Waals surface area (Å²) in [7, 11) is 0. The second-order valence-corrected chi connectivity index (χ2v) is 4.14. The van der Waals surface area contributed by atoms with Crippen molar-refractivity contribution >= 4 is 0 Å². The van der Waals surface area contributed by atoms with Gasteiger partial charge in [0.05, 0.1) is 0 Å². The minimum absolute atomic E-state index is 0.173. The monoisotopic (exact) mass is 182 g/mol. The van der Waals surface area contributed by atoms with Gasteiger partial charge in [0.2, 0.25) is 0 Å². The summed E-state index contributed by atoms with van der Waals surface area (Å²) in [5, 5.41) is 0. The van der Waals surface area contributed by atoms with Crippen molar-refractivity contribution < 1.29 is 0 Å². The maximum Gasteiger partial charge on any atom is 0.0164 e. The van der Waals surface area contributed by atoms with Gasteiger partial charge in [0.15, 0.2) is 0 Å². The van der Waals surface area contributed by atoms with Crippen LogP contribution in [0.15, 0.2) is 25.3 Å². The minimum atomic E-state index is 0.173. The van der Waals surface area contributed by atoms with Crippen LogP contribution in [-0.2, 0) is 0 Å². The third-order valence-electron chi connectivity index (χ3n) is 1.98. The van der Waals surface area contributed by atoms with Crippen LogP contribution in [0, 0.1) is 5.41 Å². The van der Waals surface area contributed by atoms with Crippen molar-refractivity contribution in [3.8, 4) is 0 Å². The Kier molecular flexibility index (Phi) is 5.67. The maximum absolute atomic E-state index is 5.67. The highest BCUT2D eigenvalue weighted by Gasteiger charge is 2.18. The van der Waals surface area contributed by atoms with Crippen molar-refractivity contribution in [1.29, 1.82) is 0 Å². The lowest BCUT2D eigenvalue weighted by atomic mass is 9.93. The first-order chi connectivity index (χ1) is 6.05. The van der Waals surface area contributed by atoms with Crippen LogP contribution in [0.25, 0.3) is 0 Å². The molecule has 0 amide bonds. The third-order valence-corrected chi connectivity index (χ3v) is 1.98. The normalized spacial score (nSPS) is 11.7. The molecule has 0 atom stereocenters. The van der Waals surface area contributed by atoms with Gasteiger partial charge in [-0.05, 0) is 12.0 Å². The number of hydrogen-bond acceptors (Lipinski definition) is 2. The van der Waals surface area contributed by atoms with Crippen LogP contribution in [0.1, 0.15) is 13.8 Å². The first-order valence-corrected chi connectivity index (χ1v) is 4.70. The fourth-order valence-electron chi connectivity index (χ4n) is 1.24. The van der Waals surface area contributed by atoms with Crippen LogP contribution in [0.4, 0.5) is 0 Å². The highest BCUT2D eigenvalue weighted by Crippen LogP contribution is 2.14. The fraction of sp³-hybridized carbons (Fsp3) is 0.636.